The largest absolute Gasteiger partial charge is 0.491 e. The van der Waals surface area contributed by atoms with Gasteiger partial charge in [-0.3, -0.25) is 0 Å². The second kappa shape index (κ2) is 6.65. The van der Waals surface area contributed by atoms with Crippen molar-refractivity contribution in [1.82, 2.24) is 0 Å². The van der Waals surface area contributed by atoms with Gasteiger partial charge in [0.05, 0.1) is 12.5 Å². The predicted octanol–water partition coefficient (Wildman–Crippen LogP) is 5.26. The fourth-order valence-corrected chi connectivity index (χ4v) is 2.25. The molecule has 0 saturated heterocycles. The third-order valence-corrected chi connectivity index (χ3v) is 4.14. The van der Waals surface area contributed by atoms with Crippen LogP contribution in [0, 0.1) is 0 Å². The summed E-state index contributed by atoms with van der Waals surface area (Å²) >= 11 is 0. The van der Waals surface area contributed by atoms with Crippen molar-refractivity contribution in [3.8, 4) is 0 Å². The van der Waals surface area contributed by atoms with Crippen LogP contribution in [-0.2, 0) is 20.7 Å². The molecule has 0 aliphatic heterocycles. The topological polar surface area (TPSA) is 18.5 Å². The molecule has 1 aromatic rings. The summed E-state index contributed by atoms with van der Waals surface area (Å²) in [6, 6.07) is 8.40. The lowest BCUT2D eigenvalue weighted by atomic mass is 9.88. The molecule has 1 aromatic carbocycles. The van der Waals surface area contributed by atoms with E-state index >= 15 is 0 Å². The Balaban J connectivity index is 3.09. The predicted molar refractivity (Wildman–Crippen MR) is 84.3 cm³/mol. The Hall–Kier alpha value is -1.70. The molecule has 0 saturated carbocycles. The summed E-state index contributed by atoms with van der Waals surface area (Å²) in [5, 5.41) is 0. The van der Waals surface area contributed by atoms with Crippen LogP contribution in [0.1, 0.15) is 51.7 Å². The first-order valence-corrected chi connectivity index (χ1v) is 7.14. The summed E-state index contributed by atoms with van der Waals surface area (Å²) in [7, 11) is 0. The van der Waals surface area contributed by atoms with Gasteiger partial charge in [0, 0.05) is 0 Å². The molecule has 0 aliphatic carbocycles. The van der Waals surface area contributed by atoms with Gasteiger partial charge in [0.15, 0.2) is 0 Å². The van der Waals surface area contributed by atoms with Gasteiger partial charge < -0.3 is 9.47 Å². The smallest absolute Gasteiger partial charge is 0.130 e. The Morgan fingerprint density at radius 2 is 1.15 bits per heavy atom. The summed E-state index contributed by atoms with van der Waals surface area (Å²) in [6.07, 6.45) is 4.78. The molecule has 2 atom stereocenters. The molecule has 0 aliphatic rings. The van der Waals surface area contributed by atoms with Crippen molar-refractivity contribution in [3.05, 3.63) is 61.1 Å². The molecule has 0 amide bonds. The van der Waals surface area contributed by atoms with Gasteiger partial charge in [-0.05, 0) is 37.8 Å². The van der Waals surface area contributed by atoms with Gasteiger partial charge in [0.2, 0.25) is 0 Å². The Morgan fingerprint density at radius 3 is 1.35 bits per heavy atom. The van der Waals surface area contributed by atoms with Crippen LogP contribution in [-0.4, -0.2) is 0 Å². The van der Waals surface area contributed by atoms with Gasteiger partial charge in [-0.15, -0.1) is 0 Å². The third-order valence-electron chi connectivity index (χ3n) is 4.14. The van der Waals surface area contributed by atoms with E-state index in [-0.39, 0.29) is 11.2 Å². The minimum atomic E-state index is -0.331. The fraction of sp³-hybridized carbons (Fsp3) is 0.444. The highest BCUT2D eigenvalue weighted by atomic mass is 16.5. The Bertz CT molecular complexity index is 406. The highest BCUT2D eigenvalue weighted by Crippen LogP contribution is 2.33. The van der Waals surface area contributed by atoms with Gasteiger partial charge >= 0.3 is 0 Å². The van der Waals surface area contributed by atoms with Crippen LogP contribution in [0.4, 0.5) is 0 Å². The first kappa shape index (κ1) is 16.4. The van der Waals surface area contributed by atoms with E-state index in [1.54, 1.807) is 0 Å². The van der Waals surface area contributed by atoms with Crippen molar-refractivity contribution in [2.45, 2.75) is 51.7 Å². The maximum atomic E-state index is 5.68. The average molecular weight is 274 g/mol. The van der Waals surface area contributed by atoms with Gasteiger partial charge in [-0.1, -0.05) is 51.3 Å². The third kappa shape index (κ3) is 3.24. The van der Waals surface area contributed by atoms with Gasteiger partial charge in [-0.2, -0.15) is 0 Å². The maximum Gasteiger partial charge on any atom is 0.130 e. The fourth-order valence-electron chi connectivity index (χ4n) is 2.25. The molecule has 2 nitrogen and oxygen atoms in total. The molecule has 0 N–H and O–H groups in total. The number of hydrogen-bond donors (Lipinski definition) is 0. The van der Waals surface area contributed by atoms with E-state index < -0.39 is 0 Å². The molecule has 2 heteroatoms. The van der Waals surface area contributed by atoms with E-state index in [1.807, 2.05) is 0 Å². The molecule has 20 heavy (non-hydrogen) atoms. The molecule has 0 aromatic heterocycles. The summed E-state index contributed by atoms with van der Waals surface area (Å²) in [5.41, 5.74) is 1.62. The van der Waals surface area contributed by atoms with Crippen molar-refractivity contribution >= 4 is 0 Å². The highest BCUT2D eigenvalue weighted by molar-refractivity contribution is 5.30. The minimum Gasteiger partial charge on any atom is -0.491 e. The summed E-state index contributed by atoms with van der Waals surface area (Å²) in [5.74, 6) is 0. The van der Waals surface area contributed by atoms with E-state index in [1.165, 1.54) is 12.5 Å². The van der Waals surface area contributed by atoms with Gasteiger partial charge in [0.25, 0.3) is 0 Å². The van der Waals surface area contributed by atoms with E-state index in [0.29, 0.717) is 0 Å². The molecule has 0 heterocycles. The zero-order valence-electron chi connectivity index (χ0n) is 13.1. The van der Waals surface area contributed by atoms with Crippen LogP contribution in [0.5, 0.6) is 0 Å². The first-order chi connectivity index (χ1) is 9.45. The molecule has 110 valence electrons. The summed E-state index contributed by atoms with van der Waals surface area (Å²) < 4.78 is 11.4. The van der Waals surface area contributed by atoms with E-state index in [2.05, 4.69) is 65.1 Å². The maximum absolute atomic E-state index is 5.68. The lowest BCUT2D eigenvalue weighted by molar-refractivity contribution is 0.0295. The van der Waals surface area contributed by atoms with Gasteiger partial charge in [-0.25, -0.2) is 0 Å². The van der Waals surface area contributed by atoms with Crippen LogP contribution in [0.2, 0.25) is 0 Å². The normalized spacial score (nSPS) is 16.6. The molecular weight excluding hydrogens is 248 g/mol. The molecule has 0 bridgehead atoms. The second-order valence-electron chi connectivity index (χ2n) is 5.32. The lowest BCUT2D eigenvalue weighted by Gasteiger charge is -2.31. The van der Waals surface area contributed by atoms with Crippen molar-refractivity contribution in [2.24, 2.45) is 0 Å². The monoisotopic (exact) mass is 274 g/mol. The van der Waals surface area contributed by atoms with Crippen LogP contribution >= 0.6 is 0 Å². The number of hydrogen-bond acceptors (Lipinski definition) is 2. The lowest BCUT2D eigenvalue weighted by Crippen LogP contribution is -2.25. The number of ether oxygens (including phenoxy) is 2. The molecule has 0 spiro atoms. The van der Waals surface area contributed by atoms with E-state index in [9.17, 15) is 0 Å². The van der Waals surface area contributed by atoms with Crippen LogP contribution in [0.25, 0.3) is 0 Å². The quantitative estimate of drug-likeness (QED) is 0.602. The van der Waals surface area contributed by atoms with E-state index in [4.69, 9.17) is 9.47 Å². The van der Waals surface area contributed by atoms with Crippen LogP contribution in [0.15, 0.2) is 49.9 Å². The SMILES string of the molecule is C=COC(C)(CC)c1ccc(C(C)(CC)OC=C)cc1. The molecule has 0 radical (unpaired) electrons. The van der Waals surface area contributed by atoms with Crippen molar-refractivity contribution in [1.29, 1.82) is 0 Å². The Labute approximate surface area is 123 Å². The number of rotatable bonds is 8. The zero-order chi connectivity index (χ0) is 15.2. The molecule has 1 rings (SSSR count). The van der Waals surface area contributed by atoms with Crippen molar-refractivity contribution in [3.63, 3.8) is 0 Å². The van der Waals surface area contributed by atoms with Crippen molar-refractivity contribution < 1.29 is 9.47 Å². The summed E-state index contributed by atoms with van der Waals surface area (Å²) in [4.78, 5) is 0. The summed E-state index contributed by atoms with van der Waals surface area (Å²) in [6.45, 7) is 15.7. The molecular formula is C18H26O2. The van der Waals surface area contributed by atoms with Crippen LogP contribution in [0.3, 0.4) is 0 Å². The van der Waals surface area contributed by atoms with Crippen molar-refractivity contribution in [2.75, 3.05) is 0 Å². The van der Waals surface area contributed by atoms with Crippen LogP contribution < -0.4 is 0 Å². The second-order valence-corrected chi connectivity index (χ2v) is 5.32. The zero-order valence-corrected chi connectivity index (χ0v) is 13.1. The molecule has 0 fully saturated rings. The average Bonchev–Trinajstić information content (AvgIpc) is 2.47. The molecule has 2 unspecified atom stereocenters. The highest BCUT2D eigenvalue weighted by Gasteiger charge is 2.28. The Kier molecular flexibility index (Phi) is 5.43. The standard InChI is InChI=1S/C18H26O2/c1-7-17(5,19-9-3)15-11-13-16(14-12-15)18(6,8-2)20-10-4/h9-14H,3-4,7-8H2,1-2,5-6H3. The number of benzene rings is 1. The van der Waals surface area contributed by atoms with E-state index in [0.717, 1.165) is 24.0 Å². The Morgan fingerprint density at radius 1 is 0.850 bits per heavy atom. The first-order valence-electron chi connectivity index (χ1n) is 7.14. The minimum absolute atomic E-state index is 0.331. The van der Waals surface area contributed by atoms with Gasteiger partial charge in [0.1, 0.15) is 11.2 Å².